The summed E-state index contributed by atoms with van der Waals surface area (Å²) in [4.78, 5) is 41.1. The van der Waals surface area contributed by atoms with Crippen LogP contribution in [0.5, 0.6) is 0 Å². The average Bonchev–Trinajstić information content (AvgIpc) is 3.36. The summed E-state index contributed by atoms with van der Waals surface area (Å²) in [6.07, 6.45) is 3.84. The van der Waals surface area contributed by atoms with Gasteiger partial charge in [-0.15, -0.1) is 47.4 Å². The molecule has 0 bridgehead atoms. The summed E-state index contributed by atoms with van der Waals surface area (Å²) in [6, 6.07) is 7.65. The molecule has 3 N–H and O–H groups in total. The van der Waals surface area contributed by atoms with E-state index >= 15 is 0 Å². The number of halogens is 4. The smallest absolute Gasteiger partial charge is 0.325 e. The van der Waals surface area contributed by atoms with Gasteiger partial charge >= 0.3 is 6.03 Å². The summed E-state index contributed by atoms with van der Waals surface area (Å²) in [5, 5.41) is 11.8. The molecule has 39 heavy (non-hydrogen) atoms. The van der Waals surface area contributed by atoms with Crippen LogP contribution in [0, 0.1) is 0 Å². The summed E-state index contributed by atoms with van der Waals surface area (Å²) in [5.74, 6) is 0.537. The molecule has 5 rings (SSSR count). The number of nitrogens with zero attached hydrogens (tertiary/aromatic N) is 5. The molecule has 0 radical (unpaired) electrons. The van der Waals surface area contributed by atoms with E-state index in [2.05, 4.69) is 21.6 Å². The molecule has 1 aromatic carbocycles. The lowest BCUT2D eigenvalue weighted by molar-refractivity contribution is -0.130. The summed E-state index contributed by atoms with van der Waals surface area (Å²) in [5.41, 5.74) is 6.38. The van der Waals surface area contributed by atoms with Crippen LogP contribution in [0.2, 0.25) is 5.02 Å². The predicted octanol–water partition coefficient (Wildman–Crippen LogP) is 3.36. The molecule has 1 aromatic heterocycles. The van der Waals surface area contributed by atoms with Crippen molar-refractivity contribution in [2.45, 2.75) is 69.5 Å². The van der Waals surface area contributed by atoms with E-state index in [9.17, 15) is 14.4 Å². The van der Waals surface area contributed by atoms with Crippen LogP contribution in [0.4, 0.5) is 4.79 Å². The number of rotatable bonds is 6. The average molecular weight is 623 g/mol. The second kappa shape index (κ2) is 12.6. The SMILES string of the molecule is CC1(C)NC(=O)N(CCc2nnc3n2CCN([C@H]2CC[C@@](CN)(c4cccc(Cl)c4)CC2)C3=O)C1=O.Cl.Cl.Cl. The van der Waals surface area contributed by atoms with E-state index in [1.807, 2.05) is 27.7 Å². The van der Waals surface area contributed by atoms with E-state index < -0.39 is 11.6 Å². The topological polar surface area (TPSA) is 126 Å². The zero-order chi connectivity index (χ0) is 25.7. The molecule has 4 amide bonds. The van der Waals surface area contributed by atoms with Crippen molar-refractivity contribution < 1.29 is 14.4 Å². The van der Waals surface area contributed by atoms with Crippen molar-refractivity contribution in [3.05, 3.63) is 46.5 Å². The second-order valence-corrected chi connectivity index (χ2v) is 11.0. The Morgan fingerprint density at radius 3 is 2.36 bits per heavy atom. The van der Waals surface area contributed by atoms with Gasteiger partial charge in [0.25, 0.3) is 11.8 Å². The minimum atomic E-state index is -0.911. The zero-order valence-corrected chi connectivity index (χ0v) is 25.1. The molecule has 1 aliphatic carbocycles. The third-order valence-corrected chi connectivity index (χ3v) is 8.26. The van der Waals surface area contributed by atoms with Crippen LogP contribution in [-0.4, -0.2) is 73.6 Å². The van der Waals surface area contributed by atoms with Gasteiger partial charge in [0.15, 0.2) is 0 Å². The third-order valence-electron chi connectivity index (χ3n) is 8.03. The molecule has 216 valence electrons. The Labute approximate surface area is 251 Å². The van der Waals surface area contributed by atoms with Crippen molar-refractivity contribution in [1.29, 1.82) is 0 Å². The maximum absolute atomic E-state index is 13.4. The lowest BCUT2D eigenvalue weighted by atomic mass is 9.68. The number of nitrogens with two attached hydrogens (primary N) is 1. The normalized spacial score (nSPS) is 23.8. The van der Waals surface area contributed by atoms with Gasteiger partial charge in [0, 0.05) is 49.1 Å². The Balaban J connectivity index is 0.00000178. The minimum Gasteiger partial charge on any atom is -0.331 e. The number of fused-ring (bicyclic) bond motifs is 1. The molecular weight excluding hydrogens is 588 g/mol. The summed E-state index contributed by atoms with van der Waals surface area (Å²) < 4.78 is 1.82. The Bertz CT molecular complexity index is 1210. The second-order valence-electron chi connectivity index (χ2n) is 10.6. The van der Waals surface area contributed by atoms with Gasteiger partial charge in [-0.25, -0.2) is 4.79 Å². The molecule has 1 saturated heterocycles. The molecule has 14 heteroatoms. The van der Waals surface area contributed by atoms with E-state index in [0.717, 1.165) is 25.7 Å². The fourth-order valence-corrected chi connectivity index (χ4v) is 6.02. The Kier molecular flexibility index (Phi) is 10.7. The van der Waals surface area contributed by atoms with E-state index in [0.29, 0.717) is 42.7 Å². The van der Waals surface area contributed by atoms with Crippen LogP contribution in [-0.2, 0) is 23.2 Å². The standard InChI is InChI=1S/C25H32ClN7O3.3ClH/c1-24(2)22(35)33(23(36)28-24)11-8-19-29-30-20-21(34)31(12-13-32(19)20)18-6-9-25(15-27,10-7-18)16-4-3-5-17(26)14-16;;;/h3-5,14,18H,6-13,15,27H2,1-2H3,(H,28,36);3*1H/t18-,25+;;;. The largest absolute Gasteiger partial charge is 0.331 e. The Hall–Kier alpha value is -2.11. The van der Waals surface area contributed by atoms with Gasteiger partial charge in [-0.1, -0.05) is 23.7 Å². The van der Waals surface area contributed by atoms with Crippen molar-refractivity contribution in [2.75, 3.05) is 19.6 Å². The number of nitrogens with one attached hydrogen (secondary N) is 1. The molecule has 10 nitrogen and oxygen atoms in total. The zero-order valence-electron chi connectivity index (χ0n) is 21.9. The number of carbonyl (C=O) groups is 3. The Morgan fingerprint density at radius 2 is 1.77 bits per heavy atom. The quantitative estimate of drug-likeness (QED) is 0.476. The van der Waals surface area contributed by atoms with E-state index in [-0.39, 0.29) is 67.0 Å². The van der Waals surface area contributed by atoms with Gasteiger partial charge in [0.05, 0.1) is 0 Å². The lowest BCUT2D eigenvalue weighted by Gasteiger charge is -2.44. The summed E-state index contributed by atoms with van der Waals surface area (Å²) >= 11 is 6.24. The molecule has 2 aromatic rings. The van der Waals surface area contributed by atoms with Gasteiger partial charge in [0.1, 0.15) is 11.4 Å². The van der Waals surface area contributed by atoms with Crippen LogP contribution < -0.4 is 11.1 Å². The first-order valence-electron chi connectivity index (χ1n) is 12.5. The van der Waals surface area contributed by atoms with Gasteiger partial charge < -0.3 is 20.5 Å². The number of imide groups is 1. The number of urea groups is 1. The molecule has 0 unspecified atom stereocenters. The van der Waals surface area contributed by atoms with Crippen LogP contribution in [0.25, 0.3) is 0 Å². The highest BCUT2D eigenvalue weighted by Gasteiger charge is 2.44. The molecule has 2 aliphatic heterocycles. The number of amides is 4. The van der Waals surface area contributed by atoms with E-state index in [1.54, 1.807) is 13.8 Å². The van der Waals surface area contributed by atoms with Gasteiger partial charge in [-0.2, -0.15) is 0 Å². The highest BCUT2D eigenvalue weighted by molar-refractivity contribution is 6.30. The number of hydrogen-bond acceptors (Lipinski definition) is 6. The Morgan fingerprint density at radius 1 is 1.08 bits per heavy atom. The number of aromatic nitrogens is 3. The first-order valence-corrected chi connectivity index (χ1v) is 12.9. The van der Waals surface area contributed by atoms with Crippen molar-refractivity contribution in [1.82, 2.24) is 29.9 Å². The molecule has 3 aliphatic rings. The fraction of sp³-hybridized carbons (Fsp3) is 0.560. The molecule has 3 heterocycles. The van der Waals surface area contributed by atoms with E-state index in [4.69, 9.17) is 17.3 Å². The fourth-order valence-electron chi connectivity index (χ4n) is 5.83. The molecule has 0 atom stereocenters. The highest BCUT2D eigenvalue weighted by Crippen LogP contribution is 2.41. The van der Waals surface area contributed by atoms with Crippen molar-refractivity contribution in [2.24, 2.45) is 5.73 Å². The number of benzene rings is 1. The van der Waals surface area contributed by atoms with E-state index in [1.165, 1.54) is 10.5 Å². The van der Waals surface area contributed by atoms with Gasteiger partial charge in [0.2, 0.25) is 5.82 Å². The van der Waals surface area contributed by atoms with Crippen molar-refractivity contribution in [3.63, 3.8) is 0 Å². The van der Waals surface area contributed by atoms with Crippen molar-refractivity contribution in [3.8, 4) is 0 Å². The van der Waals surface area contributed by atoms with Crippen LogP contribution in [0.15, 0.2) is 24.3 Å². The molecule has 1 saturated carbocycles. The summed E-state index contributed by atoms with van der Waals surface area (Å²) in [7, 11) is 0. The minimum absolute atomic E-state index is 0. The van der Waals surface area contributed by atoms with Crippen LogP contribution in [0.3, 0.4) is 0 Å². The monoisotopic (exact) mass is 621 g/mol. The maximum atomic E-state index is 13.4. The van der Waals surface area contributed by atoms with Crippen LogP contribution >= 0.6 is 48.8 Å². The molecular formula is C25H35Cl4N7O3. The first kappa shape index (κ1) is 33.1. The van der Waals surface area contributed by atoms with Crippen molar-refractivity contribution >= 4 is 66.7 Å². The predicted molar refractivity (Wildman–Crippen MR) is 155 cm³/mol. The molecule has 0 spiro atoms. The van der Waals surface area contributed by atoms with Crippen LogP contribution in [0.1, 0.15) is 61.5 Å². The lowest BCUT2D eigenvalue weighted by Crippen LogP contribution is -2.51. The molecule has 2 fully saturated rings. The number of hydrogen-bond donors (Lipinski definition) is 2. The van der Waals surface area contributed by atoms with Gasteiger partial charge in [-0.05, 0) is 57.2 Å². The maximum Gasteiger partial charge on any atom is 0.325 e. The third kappa shape index (κ3) is 6.00. The first-order chi connectivity index (χ1) is 17.1. The highest BCUT2D eigenvalue weighted by atomic mass is 35.5. The number of carbonyl (C=O) groups excluding carboxylic acids is 3. The van der Waals surface area contributed by atoms with Gasteiger partial charge in [-0.3, -0.25) is 14.5 Å². The summed E-state index contributed by atoms with van der Waals surface area (Å²) in [6.45, 7) is 5.25.